The van der Waals surface area contributed by atoms with E-state index in [1.54, 1.807) is 18.3 Å². The zero-order chi connectivity index (χ0) is 20.2. The van der Waals surface area contributed by atoms with Crippen molar-refractivity contribution in [1.82, 2.24) is 19.8 Å². The summed E-state index contributed by atoms with van der Waals surface area (Å²) in [6.45, 7) is 3.94. The van der Waals surface area contributed by atoms with Crippen molar-refractivity contribution in [2.24, 2.45) is 0 Å². The molecule has 2 aliphatic heterocycles. The number of nitrogens with two attached hydrogens (primary N) is 1. The molecule has 2 fully saturated rings. The molecule has 4 rings (SSSR count). The zero-order valence-electron chi connectivity index (χ0n) is 16.4. The molecule has 2 saturated heterocycles. The number of nitrogen functional groups attached to an aromatic ring is 1. The van der Waals surface area contributed by atoms with Crippen LogP contribution < -0.4 is 5.73 Å². The van der Waals surface area contributed by atoms with E-state index in [1.807, 2.05) is 4.90 Å². The Balaban J connectivity index is 1.63. The van der Waals surface area contributed by atoms with Crippen molar-refractivity contribution in [1.29, 1.82) is 0 Å². The van der Waals surface area contributed by atoms with Gasteiger partial charge in [0.05, 0.1) is 31.5 Å². The minimum absolute atomic E-state index is 0.0961. The van der Waals surface area contributed by atoms with Gasteiger partial charge in [0.1, 0.15) is 5.82 Å². The van der Waals surface area contributed by atoms with Crippen molar-refractivity contribution < 1.29 is 13.9 Å². The Bertz CT molecular complexity index is 855. The Kier molecular flexibility index (Phi) is 6.01. The number of morpholine rings is 1. The molecular weight excluding hydrogens is 373 g/mol. The molecule has 0 radical (unpaired) electrons. The number of carbonyl (C=O) groups excluding carboxylic acids is 1. The van der Waals surface area contributed by atoms with Crippen LogP contribution in [0.2, 0.25) is 0 Å². The maximum absolute atomic E-state index is 13.4. The molecule has 29 heavy (non-hydrogen) atoms. The summed E-state index contributed by atoms with van der Waals surface area (Å²) in [4.78, 5) is 25.9. The number of hydrogen-bond donors (Lipinski definition) is 1. The van der Waals surface area contributed by atoms with Gasteiger partial charge < -0.3 is 15.4 Å². The summed E-state index contributed by atoms with van der Waals surface area (Å²) in [5, 5.41) is 0. The van der Waals surface area contributed by atoms with E-state index in [-0.39, 0.29) is 23.7 Å². The first kappa shape index (κ1) is 19.7. The van der Waals surface area contributed by atoms with Gasteiger partial charge in [0, 0.05) is 31.4 Å². The van der Waals surface area contributed by atoms with Crippen molar-refractivity contribution in [3.8, 4) is 11.1 Å². The molecular formula is C21H26FN5O2. The van der Waals surface area contributed by atoms with Gasteiger partial charge in [-0.25, -0.2) is 14.4 Å². The normalized spacial score (nSPS) is 20.6. The molecule has 2 aromatic rings. The van der Waals surface area contributed by atoms with Crippen molar-refractivity contribution in [3.05, 3.63) is 42.0 Å². The van der Waals surface area contributed by atoms with Gasteiger partial charge in [-0.1, -0.05) is 12.1 Å². The summed E-state index contributed by atoms with van der Waals surface area (Å²) in [5.74, 6) is -0.0255. The van der Waals surface area contributed by atoms with E-state index in [9.17, 15) is 9.18 Å². The number of rotatable bonds is 4. The SMILES string of the molecule is Nc1ncc(-c2ccc(F)cc2)c([C@H]2CCCCN2C(=O)CN2CCOCC2)n1. The lowest BCUT2D eigenvalue weighted by Gasteiger charge is -2.38. The van der Waals surface area contributed by atoms with E-state index in [2.05, 4.69) is 14.9 Å². The number of likely N-dealkylation sites (tertiary alicyclic amines) is 1. The number of nitrogens with zero attached hydrogens (tertiary/aromatic N) is 4. The maximum atomic E-state index is 13.4. The molecule has 8 heteroatoms. The van der Waals surface area contributed by atoms with Crippen molar-refractivity contribution in [2.75, 3.05) is 45.1 Å². The van der Waals surface area contributed by atoms with Crippen LogP contribution in [-0.2, 0) is 9.53 Å². The van der Waals surface area contributed by atoms with E-state index in [4.69, 9.17) is 10.5 Å². The summed E-state index contributed by atoms with van der Waals surface area (Å²) in [5.41, 5.74) is 8.23. The van der Waals surface area contributed by atoms with E-state index >= 15 is 0 Å². The molecule has 7 nitrogen and oxygen atoms in total. The maximum Gasteiger partial charge on any atom is 0.237 e. The van der Waals surface area contributed by atoms with Crippen LogP contribution >= 0.6 is 0 Å². The largest absolute Gasteiger partial charge is 0.379 e. The molecule has 0 bridgehead atoms. The third kappa shape index (κ3) is 4.54. The minimum atomic E-state index is -0.299. The molecule has 2 N–H and O–H groups in total. The highest BCUT2D eigenvalue weighted by Crippen LogP contribution is 2.36. The predicted octanol–water partition coefficient (Wildman–Crippen LogP) is 2.25. The Morgan fingerprint density at radius 2 is 1.93 bits per heavy atom. The van der Waals surface area contributed by atoms with Crippen molar-refractivity contribution in [2.45, 2.75) is 25.3 Å². The van der Waals surface area contributed by atoms with E-state index < -0.39 is 0 Å². The summed E-state index contributed by atoms with van der Waals surface area (Å²) >= 11 is 0. The van der Waals surface area contributed by atoms with E-state index in [1.165, 1.54) is 12.1 Å². The van der Waals surface area contributed by atoms with Crippen LogP contribution in [0.1, 0.15) is 31.0 Å². The lowest BCUT2D eigenvalue weighted by Crippen LogP contribution is -2.47. The highest BCUT2D eigenvalue weighted by Gasteiger charge is 2.32. The van der Waals surface area contributed by atoms with Gasteiger partial charge >= 0.3 is 0 Å². The number of amides is 1. The second kappa shape index (κ2) is 8.84. The standard InChI is InChI=1S/C21H26FN5O2/c22-16-6-4-15(5-7-16)17-13-24-21(23)25-20(17)18-3-1-2-8-27(18)19(28)14-26-9-11-29-12-10-26/h4-7,13,18H,1-3,8-12,14H2,(H2,23,24,25)/t18-/m1/s1. The Labute approximate surface area is 169 Å². The van der Waals surface area contributed by atoms with Crippen molar-refractivity contribution >= 4 is 11.9 Å². The predicted molar refractivity (Wildman–Crippen MR) is 107 cm³/mol. The van der Waals surface area contributed by atoms with Gasteiger partial charge in [0.15, 0.2) is 0 Å². The number of ether oxygens (including phenoxy) is 1. The van der Waals surface area contributed by atoms with Gasteiger partial charge in [0.2, 0.25) is 11.9 Å². The third-order valence-electron chi connectivity index (χ3n) is 5.59. The van der Waals surface area contributed by atoms with E-state index in [0.717, 1.165) is 49.2 Å². The second-order valence-electron chi connectivity index (χ2n) is 7.52. The molecule has 1 amide bonds. The first-order chi connectivity index (χ1) is 14.1. The molecule has 1 aromatic carbocycles. The van der Waals surface area contributed by atoms with Gasteiger partial charge in [-0.2, -0.15) is 0 Å². The topological polar surface area (TPSA) is 84.6 Å². The quantitative estimate of drug-likeness (QED) is 0.849. The van der Waals surface area contributed by atoms with E-state index in [0.29, 0.717) is 26.3 Å². The molecule has 1 aromatic heterocycles. The molecule has 3 heterocycles. The Hall–Kier alpha value is -2.58. The highest BCUT2D eigenvalue weighted by molar-refractivity contribution is 5.79. The summed E-state index contributed by atoms with van der Waals surface area (Å²) in [6, 6.07) is 6.07. The summed E-state index contributed by atoms with van der Waals surface area (Å²) in [6.07, 6.45) is 4.47. The molecule has 1 atom stereocenters. The number of benzene rings is 1. The van der Waals surface area contributed by atoms with Gasteiger partial charge in [-0.05, 0) is 37.0 Å². The lowest BCUT2D eigenvalue weighted by molar-refractivity contribution is -0.137. The van der Waals surface area contributed by atoms with Crippen LogP contribution in [0.15, 0.2) is 30.5 Å². The smallest absolute Gasteiger partial charge is 0.237 e. The number of anilines is 1. The monoisotopic (exact) mass is 399 g/mol. The fourth-order valence-electron chi connectivity index (χ4n) is 4.07. The lowest BCUT2D eigenvalue weighted by atomic mass is 9.93. The fraction of sp³-hybridized carbons (Fsp3) is 0.476. The molecule has 0 spiro atoms. The number of hydrogen-bond acceptors (Lipinski definition) is 6. The minimum Gasteiger partial charge on any atom is -0.379 e. The van der Waals surface area contributed by atoms with Crippen molar-refractivity contribution in [3.63, 3.8) is 0 Å². The second-order valence-corrected chi connectivity index (χ2v) is 7.52. The van der Waals surface area contributed by atoms with Gasteiger partial charge in [0.25, 0.3) is 0 Å². The number of halogens is 1. The van der Waals surface area contributed by atoms with Crippen LogP contribution in [0, 0.1) is 5.82 Å². The number of aromatic nitrogens is 2. The molecule has 0 unspecified atom stereocenters. The van der Waals surface area contributed by atoms with Gasteiger partial charge in [-0.15, -0.1) is 0 Å². The van der Waals surface area contributed by atoms with Crippen LogP contribution in [0.3, 0.4) is 0 Å². The van der Waals surface area contributed by atoms with Crippen LogP contribution in [-0.4, -0.2) is 65.1 Å². The molecule has 0 aliphatic carbocycles. The average Bonchev–Trinajstić information content (AvgIpc) is 2.75. The number of piperidine rings is 1. The van der Waals surface area contributed by atoms with Crippen LogP contribution in [0.4, 0.5) is 10.3 Å². The van der Waals surface area contributed by atoms with Crippen LogP contribution in [0.5, 0.6) is 0 Å². The first-order valence-electron chi connectivity index (χ1n) is 10.1. The summed E-state index contributed by atoms with van der Waals surface area (Å²) < 4.78 is 18.8. The molecule has 0 saturated carbocycles. The first-order valence-corrected chi connectivity index (χ1v) is 10.1. The average molecular weight is 399 g/mol. The Morgan fingerprint density at radius 3 is 2.69 bits per heavy atom. The third-order valence-corrected chi connectivity index (χ3v) is 5.59. The van der Waals surface area contributed by atoms with Gasteiger partial charge in [-0.3, -0.25) is 9.69 Å². The highest BCUT2D eigenvalue weighted by atomic mass is 19.1. The molecule has 2 aliphatic rings. The molecule has 154 valence electrons. The Morgan fingerprint density at radius 1 is 1.17 bits per heavy atom. The van der Waals surface area contributed by atoms with Crippen LogP contribution in [0.25, 0.3) is 11.1 Å². The summed E-state index contributed by atoms with van der Waals surface area (Å²) in [7, 11) is 0. The fourth-order valence-corrected chi connectivity index (χ4v) is 4.07. The zero-order valence-corrected chi connectivity index (χ0v) is 16.4. The number of carbonyl (C=O) groups is 1.